The van der Waals surface area contributed by atoms with Crippen LogP contribution in [0.4, 0.5) is 0 Å². The highest BCUT2D eigenvalue weighted by atomic mass is 79.9. The van der Waals surface area contributed by atoms with E-state index in [1.54, 1.807) is 11.3 Å². The van der Waals surface area contributed by atoms with Gasteiger partial charge in [-0.2, -0.15) is 0 Å². The predicted molar refractivity (Wildman–Crippen MR) is 106 cm³/mol. The second kappa shape index (κ2) is 9.34. The number of thiazole rings is 1. The Kier molecular flexibility index (Phi) is 8.47. The first-order valence-corrected chi connectivity index (χ1v) is 9.36. The van der Waals surface area contributed by atoms with Gasteiger partial charge in [0.1, 0.15) is 10.7 Å². The summed E-state index contributed by atoms with van der Waals surface area (Å²) in [6, 6.07) is 2.04. The summed E-state index contributed by atoms with van der Waals surface area (Å²) >= 11 is 6.61. The van der Waals surface area contributed by atoms with E-state index >= 15 is 0 Å². The standard InChI is InChI=1S/C14H16BrN3OS2.2ClH/c1-16-5-9-2-3-18(6-9)14(19)11-8-21-13(17-11)12-4-10(15)7-20-12;;/h4,7-9,16H,2-3,5-6H2,1H3;2*1H. The monoisotopic (exact) mass is 457 g/mol. The fourth-order valence-corrected chi connectivity index (χ4v) is 4.85. The third-order valence-corrected chi connectivity index (χ3v) is 6.27. The SMILES string of the molecule is CNCC1CCN(C(=O)c2csc(-c3cc(Br)cs3)n2)C1.Cl.Cl. The third kappa shape index (κ3) is 4.90. The molecule has 1 amide bonds. The van der Waals surface area contributed by atoms with Gasteiger partial charge in [0.25, 0.3) is 5.91 Å². The number of thiophene rings is 1. The molecule has 1 unspecified atom stereocenters. The van der Waals surface area contributed by atoms with Gasteiger partial charge in [0.05, 0.1) is 4.88 Å². The molecule has 1 fully saturated rings. The minimum atomic E-state index is 0. The van der Waals surface area contributed by atoms with Crippen LogP contribution in [-0.2, 0) is 0 Å². The van der Waals surface area contributed by atoms with Crippen LogP contribution < -0.4 is 5.32 Å². The Hall–Kier alpha value is -0.180. The van der Waals surface area contributed by atoms with Gasteiger partial charge in [0.15, 0.2) is 0 Å². The molecule has 0 bridgehead atoms. The number of amides is 1. The molecule has 4 nitrogen and oxygen atoms in total. The number of hydrogen-bond acceptors (Lipinski definition) is 5. The third-order valence-electron chi connectivity index (χ3n) is 3.57. The van der Waals surface area contributed by atoms with E-state index in [4.69, 9.17) is 0 Å². The zero-order valence-corrected chi connectivity index (χ0v) is 17.3. The highest BCUT2D eigenvalue weighted by molar-refractivity contribution is 9.10. The number of aromatic nitrogens is 1. The van der Waals surface area contributed by atoms with Crippen molar-refractivity contribution in [3.05, 3.63) is 27.0 Å². The topological polar surface area (TPSA) is 45.2 Å². The van der Waals surface area contributed by atoms with E-state index in [0.29, 0.717) is 11.6 Å². The molecule has 0 saturated carbocycles. The number of carbonyl (C=O) groups is 1. The minimum Gasteiger partial charge on any atom is -0.337 e. The molecule has 3 rings (SSSR count). The first-order chi connectivity index (χ1) is 10.2. The summed E-state index contributed by atoms with van der Waals surface area (Å²) in [5.74, 6) is 0.622. The lowest BCUT2D eigenvalue weighted by molar-refractivity contribution is 0.0782. The molecule has 128 valence electrons. The molecular formula is C14H18BrCl2N3OS2. The van der Waals surface area contributed by atoms with Gasteiger partial charge in [-0.3, -0.25) is 4.79 Å². The van der Waals surface area contributed by atoms with E-state index in [1.165, 1.54) is 11.3 Å². The predicted octanol–water partition coefficient (Wildman–Crippen LogP) is 4.16. The summed E-state index contributed by atoms with van der Waals surface area (Å²) in [6.07, 6.45) is 1.07. The van der Waals surface area contributed by atoms with Gasteiger partial charge in [0, 0.05) is 28.3 Å². The Morgan fingerprint density at radius 3 is 2.87 bits per heavy atom. The largest absolute Gasteiger partial charge is 0.337 e. The molecule has 0 radical (unpaired) electrons. The molecule has 23 heavy (non-hydrogen) atoms. The molecule has 0 aliphatic carbocycles. The highest BCUT2D eigenvalue weighted by Gasteiger charge is 2.27. The smallest absolute Gasteiger partial charge is 0.273 e. The van der Waals surface area contributed by atoms with Crippen LogP contribution in [0.2, 0.25) is 0 Å². The lowest BCUT2D eigenvalue weighted by Crippen LogP contribution is -2.30. The summed E-state index contributed by atoms with van der Waals surface area (Å²) in [4.78, 5) is 20.0. The van der Waals surface area contributed by atoms with Crippen molar-refractivity contribution in [2.24, 2.45) is 5.92 Å². The zero-order valence-electron chi connectivity index (χ0n) is 12.5. The molecule has 2 aromatic heterocycles. The van der Waals surface area contributed by atoms with Crippen LogP contribution in [-0.4, -0.2) is 42.5 Å². The molecule has 1 N–H and O–H groups in total. The number of halogens is 3. The first kappa shape index (κ1) is 20.9. The first-order valence-electron chi connectivity index (χ1n) is 6.81. The highest BCUT2D eigenvalue weighted by Crippen LogP contribution is 2.32. The van der Waals surface area contributed by atoms with Crippen LogP contribution in [0.25, 0.3) is 9.88 Å². The van der Waals surface area contributed by atoms with Crippen molar-refractivity contribution in [3.8, 4) is 9.88 Å². The van der Waals surface area contributed by atoms with Crippen molar-refractivity contribution in [3.63, 3.8) is 0 Å². The lowest BCUT2D eigenvalue weighted by atomic mass is 10.1. The van der Waals surface area contributed by atoms with Gasteiger partial charge in [-0.05, 0) is 47.9 Å². The zero-order chi connectivity index (χ0) is 14.8. The molecule has 3 heterocycles. The van der Waals surface area contributed by atoms with Gasteiger partial charge in [-0.15, -0.1) is 47.5 Å². The Balaban J connectivity index is 0.00000132. The number of carbonyl (C=O) groups excluding carboxylic acids is 1. The summed E-state index contributed by atoms with van der Waals surface area (Å²) in [5.41, 5.74) is 0.574. The Labute approximate surface area is 164 Å². The maximum atomic E-state index is 12.5. The van der Waals surface area contributed by atoms with Crippen LogP contribution in [0.1, 0.15) is 16.9 Å². The molecule has 1 atom stereocenters. The number of likely N-dealkylation sites (tertiary alicyclic amines) is 1. The average Bonchev–Trinajstić information content (AvgIpc) is 3.17. The van der Waals surface area contributed by atoms with Crippen LogP contribution in [0.5, 0.6) is 0 Å². The van der Waals surface area contributed by atoms with Crippen LogP contribution in [0, 0.1) is 5.92 Å². The van der Waals surface area contributed by atoms with Gasteiger partial charge in [0.2, 0.25) is 0 Å². The van der Waals surface area contributed by atoms with E-state index < -0.39 is 0 Å². The van der Waals surface area contributed by atoms with Gasteiger partial charge in [-0.1, -0.05) is 0 Å². The Bertz CT molecular complexity index is 650. The Morgan fingerprint density at radius 1 is 1.43 bits per heavy atom. The summed E-state index contributed by atoms with van der Waals surface area (Å²) in [5, 5.41) is 8.00. The van der Waals surface area contributed by atoms with E-state index in [1.807, 2.05) is 28.8 Å². The molecule has 1 aliphatic heterocycles. The maximum Gasteiger partial charge on any atom is 0.273 e. The van der Waals surface area contributed by atoms with E-state index in [0.717, 1.165) is 40.4 Å². The fourth-order valence-electron chi connectivity index (χ4n) is 2.54. The van der Waals surface area contributed by atoms with E-state index in [9.17, 15) is 4.79 Å². The molecule has 9 heteroatoms. The van der Waals surface area contributed by atoms with E-state index in [2.05, 4.69) is 26.2 Å². The van der Waals surface area contributed by atoms with Crippen LogP contribution in [0.3, 0.4) is 0 Å². The summed E-state index contributed by atoms with van der Waals surface area (Å²) < 4.78 is 1.06. The van der Waals surface area contributed by atoms with Gasteiger partial charge < -0.3 is 10.2 Å². The van der Waals surface area contributed by atoms with Crippen molar-refractivity contribution in [2.45, 2.75) is 6.42 Å². The van der Waals surface area contributed by atoms with E-state index in [-0.39, 0.29) is 30.7 Å². The summed E-state index contributed by atoms with van der Waals surface area (Å²) in [6.45, 7) is 2.63. The normalized spacial score (nSPS) is 16.8. The van der Waals surface area contributed by atoms with Gasteiger partial charge in [-0.25, -0.2) is 4.98 Å². The second-order valence-electron chi connectivity index (χ2n) is 5.13. The number of rotatable bonds is 4. The average molecular weight is 459 g/mol. The molecule has 0 spiro atoms. The molecule has 1 saturated heterocycles. The van der Waals surface area contributed by atoms with Crippen molar-refractivity contribution in [1.29, 1.82) is 0 Å². The lowest BCUT2D eigenvalue weighted by Gasteiger charge is -2.14. The molecular weight excluding hydrogens is 441 g/mol. The van der Waals surface area contributed by atoms with Crippen molar-refractivity contribution < 1.29 is 4.79 Å². The second-order valence-corrected chi connectivity index (χ2v) is 7.82. The van der Waals surface area contributed by atoms with Crippen molar-refractivity contribution >= 4 is 69.3 Å². The summed E-state index contributed by atoms with van der Waals surface area (Å²) in [7, 11) is 1.95. The molecule has 1 aliphatic rings. The number of nitrogens with one attached hydrogen (secondary N) is 1. The van der Waals surface area contributed by atoms with Crippen molar-refractivity contribution in [1.82, 2.24) is 15.2 Å². The fraction of sp³-hybridized carbons (Fsp3) is 0.429. The minimum absolute atomic E-state index is 0. The van der Waals surface area contributed by atoms with Crippen LogP contribution >= 0.6 is 63.4 Å². The molecule has 0 aromatic carbocycles. The van der Waals surface area contributed by atoms with Crippen LogP contribution in [0.15, 0.2) is 21.3 Å². The Morgan fingerprint density at radius 2 is 2.22 bits per heavy atom. The van der Waals surface area contributed by atoms with Gasteiger partial charge >= 0.3 is 0 Å². The number of nitrogens with zero attached hydrogens (tertiary/aromatic N) is 2. The number of hydrogen-bond donors (Lipinski definition) is 1. The maximum absolute atomic E-state index is 12.5. The quantitative estimate of drug-likeness (QED) is 0.747. The molecule has 2 aromatic rings. The van der Waals surface area contributed by atoms with Crippen molar-refractivity contribution in [2.75, 3.05) is 26.7 Å².